The van der Waals surface area contributed by atoms with Crippen molar-refractivity contribution in [3.8, 4) is 0 Å². The van der Waals surface area contributed by atoms with Crippen LogP contribution in [0.25, 0.3) is 0 Å². The predicted molar refractivity (Wildman–Crippen MR) is 83.3 cm³/mol. The molecule has 2 aromatic rings. The summed E-state index contributed by atoms with van der Waals surface area (Å²) in [7, 11) is -4.08. The number of nitrogens with one attached hydrogen (secondary N) is 1. The van der Waals surface area contributed by atoms with Gasteiger partial charge in [0.15, 0.2) is 0 Å². The molecule has 0 saturated carbocycles. The maximum atomic E-state index is 12.5. The van der Waals surface area contributed by atoms with Gasteiger partial charge in [-0.3, -0.25) is 4.79 Å². The maximum absolute atomic E-state index is 12.5. The lowest BCUT2D eigenvalue weighted by molar-refractivity contribution is -0.137. The molecule has 6 nitrogen and oxygen atoms in total. The predicted octanol–water partition coefficient (Wildman–Crippen LogP) is 1.21. The highest BCUT2D eigenvalue weighted by Crippen LogP contribution is 2.29. The van der Waals surface area contributed by atoms with Crippen LogP contribution in [0.5, 0.6) is 0 Å². The molecule has 1 unspecified atom stereocenters. The number of nitrogens with zero attached hydrogens (tertiary/aromatic N) is 1. The first kappa shape index (κ1) is 19.2. The van der Waals surface area contributed by atoms with Crippen LogP contribution in [0.1, 0.15) is 5.56 Å². The van der Waals surface area contributed by atoms with Crippen molar-refractivity contribution in [3.05, 3.63) is 64.6 Å². The molecule has 0 aliphatic rings. The number of rotatable bonds is 6. The first-order valence-corrected chi connectivity index (χ1v) is 8.58. The number of aromatic nitrogens is 1. The van der Waals surface area contributed by atoms with E-state index < -0.39 is 34.4 Å². The molecule has 1 aromatic heterocycles. The molecule has 10 heteroatoms. The van der Waals surface area contributed by atoms with Gasteiger partial charge in [-0.05, 0) is 30.3 Å². The first-order chi connectivity index (χ1) is 11.6. The van der Waals surface area contributed by atoms with E-state index in [2.05, 4.69) is 4.72 Å². The van der Waals surface area contributed by atoms with Gasteiger partial charge in [-0.25, -0.2) is 13.1 Å². The highest BCUT2D eigenvalue weighted by molar-refractivity contribution is 7.89. The van der Waals surface area contributed by atoms with E-state index >= 15 is 0 Å². The summed E-state index contributed by atoms with van der Waals surface area (Å²) in [4.78, 5) is 11.2. The van der Waals surface area contributed by atoms with Gasteiger partial charge in [0.1, 0.15) is 0 Å². The van der Waals surface area contributed by atoms with Gasteiger partial charge in [-0.2, -0.15) is 13.2 Å². The molecule has 2 N–H and O–H groups in total. The third-order valence-electron chi connectivity index (χ3n) is 3.31. The van der Waals surface area contributed by atoms with Gasteiger partial charge in [0.25, 0.3) is 5.56 Å². The summed E-state index contributed by atoms with van der Waals surface area (Å²) >= 11 is 0. The van der Waals surface area contributed by atoms with Crippen LogP contribution in [0.2, 0.25) is 0 Å². The summed E-state index contributed by atoms with van der Waals surface area (Å²) in [5, 5.41) is 9.85. The van der Waals surface area contributed by atoms with E-state index in [-0.39, 0.29) is 17.0 Å². The summed E-state index contributed by atoms with van der Waals surface area (Å²) in [6.45, 7) is -0.528. The lowest BCUT2D eigenvalue weighted by Crippen LogP contribution is -2.36. The van der Waals surface area contributed by atoms with Crippen molar-refractivity contribution < 1.29 is 26.7 Å². The largest absolute Gasteiger partial charge is 0.416 e. The average molecular weight is 376 g/mol. The molecule has 1 atom stereocenters. The average Bonchev–Trinajstić information content (AvgIpc) is 2.55. The molecule has 0 aliphatic carbocycles. The zero-order valence-electron chi connectivity index (χ0n) is 12.8. The van der Waals surface area contributed by atoms with Gasteiger partial charge in [0, 0.05) is 18.8 Å². The van der Waals surface area contributed by atoms with E-state index in [1.807, 2.05) is 0 Å². The number of pyridine rings is 1. The Hall–Kier alpha value is -2.17. The number of sulfonamides is 1. The van der Waals surface area contributed by atoms with Crippen molar-refractivity contribution in [2.45, 2.75) is 23.7 Å². The molecule has 1 heterocycles. The zero-order chi connectivity index (χ0) is 18.7. The van der Waals surface area contributed by atoms with Crippen molar-refractivity contribution in [3.63, 3.8) is 0 Å². The number of aliphatic hydroxyl groups is 1. The topological polar surface area (TPSA) is 88.4 Å². The molecule has 0 fully saturated rings. The zero-order valence-corrected chi connectivity index (χ0v) is 13.6. The Kier molecular flexibility index (Phi) is 5.65. The fourth-order valence-corrected chi connectivity index (χ4v) is 3.09. The van der Waals surface area contributed by atoms with Crippen molar-refractivity contribution in [2.24, 2.45) is 0 Å². The van der Waals surface area contributed by atoms with Crippen LogP contribution in [0.4, 0.5) is 13.2 Å². The fraction of sp³-hybridized carbons (Fsp3) is 0.267. The van der Waals surface area contributed by atoms with E-state index in [0.717, 1.165) is 12.1 Å². The van der Waals surface area contributed by atoms with Gasteiger partial charge in [-0.15, -0.1) is 0 Å². The second kappa shape index (κ2) is 7.38. The van der Waals surface area contributed by atoms with Gasteiger partial charge in [-0.1, -0.05) is 6.07 Å². The molecular weight excluding hydrogens is 361 g/mol. The maximum Gasteiger partial charge on any atom is 0.416 e. The van der Waals surface area contributed by atoms with E-state index in [1.54, 1.807) is 6.07 Å². The van der Waals surface area contributed by atoms with E-state index in [9.17, 15) is 31.5 Å². The lowest BCUT2D eigenvalue weighted by atomic mass is 10.2. The molecule has 0 saturated heterocycles. The molecule has 0 amide bonds. The normalized spacial score (nSPS) is 13.6. The Morgan fingerprint density at radius 3 is 2.32 bits per heavy atom. The van der Waals surface area contributed by atoms with E-state index in [1.165, 1.54) is 22.9 Å². The smallest absolute Gasteiger partial charge is 0.390 e. The Morgan fingerprint density at radius 2 is 1.76 bits per heavy atom. The van der Waals surface area contributed by atoms with Crippen molar-refractivity contribution in [1.29, 1.82) is 0 Å². The molecule has 0 aliphatic heterocycles. The Bertz CT molecular complexity index is 877. The fourth-order valence-electron chi connectivity index (χ4n) is 2.02. The monoisotopic (exact) mass is 376 g/mol. The Morgan fingerprint density at radius 1 is 1.12 bits per heavy atom. The Labute approximate surface area is 141 Å². The van der Waals surface area contributed by atoms with Gasteiger partial charge < -0.3 is 9.67 Å². The minimum atomic E-state index is -4.56. The van der Waals surface area contributed by atoms with Crippen LogP contribution in [-0.4, -0.2) is 30.7 Å². The quantitative estimate of drug-likeness (QED) is 0.793. The Balaban J connectivity index is 2.01. The summed E-state index contributed by atoms with van der Waals surface area (Å²) in [5.41, 5.74) is -1.32. The third-order valence-corrected chi connectivity index (χ3v) is 4.75. The van der Waals surface area contributed by atoms with Crippen molar-refractivity contribution in [2.75, 3.05) is 6.54 Å². The second-order valence-corrected chi connectivity index (χ2v) is 6.99. The van der Waals surface area contributed by atoms with Crippen LogP contribution in [-0.2, 0) is 22.7 Å². The standard InChI is InChI=1S/C15H15F3N2O4S/c16-15(17,18)11-4-6-13(7-5-11)25(23,24)19-9-12(21)10-20-8-2-1-3-14(20)22/h1-8,12,19,21H,9-10H2. The molecular formula is C15H15F3N2O4S. The number of hydrogen-bond acceptors (Lipinski definition) is 4. The molecule has 25 heavy (non-hydrogen) atoms. The number of halogens is 3. The van der Waals surface area contributed by atoms with Gasteiger partial charge in [0.05, 0.1) is 23.1 Å². The minimum absolute atomic E-state index is 0.130. The van der Waals surface area contributed by atoms with Crippen LogP contribution in [0, 0.1) is 0 Å². The summed E-state index contributed by atoms with van der Waals surface area (Å²) < 4.78 is 64.8. The molecule has 0 spiro atoms. The number of benzene rings is 1. The molecule has 136 valence electrons. The second-order valence-electron chi connectivity index (χ2n) is 5.22. The molecule has 0 radical (unpaired) electrons. The van der Waals surface area contributed by atoms with Crippen LogP contribution in [0.3, 0.4) is 0 Å². The third kappa shape index (κ3) is 5.15. The van der Waals surface area contributed by atoms with Crippen molar-refractivity contribution in [1.82, 2.24) is 9.29 Å². The molecule has 1 aromatic carbocycles. The summed E-state index contributed by atoms with van der Waals surface area (Å²) in [6, 6.07) is 7.39. The van der Waals surface area contributed by atoms with Gasteiger partial charge in [0.2, 0.25) is 10.0 Å². The highest BCUT2D eigenvalue weighted by atomic mass is 32.2. The molecule has 2 rings (SSSR count). The van der Waals surface area contributed by atoms with Crippen molar-refractivity contribution >= 4 is 10.0 Å². The number of alkyl halides is 3. The van der Waals surface area contributed by atoms with E-state index in [4.69, 9.17) is 0 Å². The van der Waals surface area contributed by atoms with Crippen LogP contribution >= 0.6 is 0 Å². The number of hydrogen-bond donors (Lipinski definition) is 2. The highest BCUT2D eigenvalue weighted by Gasteiger charge is 2.30. The molecule has 0 bridgehead atoms. The summed E-state index contributed by atoms with van der Waals surface area (Å²) in [5.74, 6) is 0. The minimum Gasteiger partial charge on any atom is -0.390 e. The summed E-state index contributed by atoms with van der Waals surface area (Å²) in [6.07, 6.45) is -4.31. The van der Waals surface area contributed by atoms with Crippen LogP contribution in [0.15, 0.2) is 58.4 Å². The first-order valence-electron chi connectivity index (χ1n) is 7.10. The van der Waals surface area contributed by atoms with Gasteiger partial charge >= 0.3 is 6.18 Å². The number of aliphatic hydroxyl groups excluding tert-OH is 1. The SMILES string of the molecule is O=c1ccccn1CC(O)CNS(=O)(=O)c1ccc(C(F)(F)F)cc1. The van der Waals surface area contributed by atoms with E-state index in [0.29, 0.717) is 12.1 Å². The lowest BCUT2D eigenvalue weighted by Gasteiger charge is -2.14. The van der Waals surface area contributed by atoms with Crippen LogP contribution < -0.4 is 10.3 Å².